The normalized spacial score (nSPS) is 24.4. The van der Waals surface area contributed by atoms with E-state index in [0.29, 0.717) is 0 Å². The van der Waals surface area contributed by atoms with Gasteiger partial charge in [0.25, 0.3) is 0 Å². The quantitative estimate of drug-likeness (QED) is 0.558. The summed E-state index contributed by atoms with van der Waals surface area (Å²) in [6, 6.07) is 0. The molecule has 0 bridgehead atoms. The Kier molecular flexibility index (Phi) is 6.37. The van der Waals surface area contributed by atoms with Crippen LogP contribution in [0.4, 0.5) is 0 Å². The highest BCUT2D eigenvalue weighted by molar-refractivity contribution is 4.86. The van der Waals surface area contributed by atoms with Crippen LogP contribution >= 0.6 is 0 Å². The molecule has 0 aromatic carbocycles. The molecule has 1 aliphatic carbocycles. The second-order valence-corrected chi connectivity index (χ2v) is 5.53. The lowest BCUT2D eigenvalue weighted by Gasteiger charge is -2.18. The lowest BCUT2D eigenvalue weighted by molar-refractivity contribution is 0.287. The van der Waals surface area contributed by atoms with Crippen LogP contribution in [0.3, 0.4) is 0 Å². The molecule has 1 rings (SSSR count). The van der Waals surface area contributed by atoms with Gasteiger partial charge in [-0.25, -0.2) is 0 Å². The Morgan fingerprint density at radius 1 is 0.938 bits per heavy atom. The Labute approximate surface area is 102 Å². The van der Waals surface area contributed by atoms with Gasteiger partial charge in [-0.3, -0.25) is 0 Å². The van der Waals surface area contributed by atoms with Gasteiger partial charge in [0.15, 0.2) is 0 Å². The maximum Gasteiger partial charge on any atom is 0.000936 e. The van der Waals surface area contributed by atoms with E-state index in [2.05, 4.69) is 37.7 Å². The summed E-state index contributed by atoms with van der Waals surface area (Å²) in [6.07, 6.45) is 5.57. The van der Waals surface area contributed by atoms with Gasteiger partial charge in [-0.05, 0) is 64.8 Å². The molecule has 2 nitrogen and oxygen atoms in total. The van der Waals surface area contributed by atoms with Crippen LogP contribution in [-0.4, -0.2) is 50.1 Å². The predicted octanol–water partition coefficient (Wildman–Crippen LogP) is 2.70. The van der Waals surface area contributed by atoms with Crippen molar-refractivity contribution in [3.8, 4) is 0 Å². The SMILES string of the molecule is CCC1CC1CN(C)CCCCN(C)CC. The summed E-state index contributed by atoms with van der Waals surface area (Å²) in [7, 11) is 4.49. The van der Waals surface area contributed by atoms with Gasteiger partial charge in [-0.2, -0.15) is 0 Å². The van der Waals surface area contributed by atoms with Crippen molar-refractivity contribution >= 4 is 0 Å². The molecule has 16 heavy (non-hydrogen) atoms. The average molecular weight is 226 g/mol. The third-order valence-electron chi connectivity index (χ3n) is 4.01. The molecular formula is C14H30N2. The van der Waals surface area contributed by atoms with Crippen molar-refractivity contribution < 1.29 is 0 Å². The zero-order valence-electron chi connectivity index (χ0n) is 11.7. The summed E-state index contributed by atoms with van der Waals surface area (Å²) >= 11 is 0. The second kappa shape index (κ2) is 7.29. The van der Waals surface area contributed by atoms with E-state index in [9.17, 15) is 0 Å². The van der Waals surface area contributed by atoms with Gasteiger partial charge >= 0.3 is 0 Å². The van der Waals surface area contributed by atoms with Gasteiger partial charge < -0.3 is 9.80 Å². The fraction of sp³-hybridized carbons (Fsp3) is 1.00. The van der Waals surface area contributed by atoms with E-state index in [4.69, 9.17) is 0 Å². The fourth-order valence-electron chi connectivity index (χ4n) is 2.45. The third kappa shape index (κ3) is 5.31. The predicted molar refractivity (Wildman–Crippen MR) is 71.8 cm³/mol. The van der Waals surface area contributed by atoms with E-state index in [1.54, 1.807) is 0 Å². The van der Waals surface area contributed by atoms with E-state index in [1.165, 1.54) is 51.9 Å². The van der Waals surface area contributed by atoms with E-state index in [1.807, 2.05) is 0 Å². The van der Waals surface area contributed by atoms with Gasteiger partial charge in [0.05, 0.1) is 0 Å². The van der Waals surface area contributed by atoms with Crippen LogP contribution in [0, 0.1) is 11.8 Å². The number of hydrogen-bond donors (Lipinski definition) is 0. The van der Waals surface area contributed by atoms with Crippen molar-refractivity contribution in [2.45, 2.75) is 39.5 Å². The lowest BCUT2D eigenvalue weighted by Crippen LogP contribution is -2.24. The number of rotatable bonds is 9. The van der Waals surface area contributed by atoms with Crippen LogP contribution < -0.4 is 0 Å². The van der Waals surface area contributed by atoms with Crippen molar-refractivity contribution in [2.75, 3.05) is 40.3 Å². The monoisotopic (exact) mass is 226 g/mol. The summed E-state index contributed by atoms with van der Waals surface area (Å²) in [4.78, 5) is 4.93. The number of nitrogens with zero attached hydrogens (tertiary/aromatic N) is 2. The molecule has 2 atom stereocenters. The maximum atomic E-state index is 2.53. The van der Waals surface area contributed by atoms with E-state index < -0.39 is 0 Å². The highest BCUT2D eigenvalue weighted by Crippen LogP contribution is 2.41. The second-order valence-electron chi connectivity index (χ2n) is 5.53. The first-order chi connectivity index (χ1) is 7.67. The first kappa shape index (κ1) is 14.0. The Morgan fingerprint density at radius 3 is 2.06 bits per heavy atom. The largest absolute Gasteiger partial charge is 0.307 e. The van der Waals surface area contributed by atoms with Gasteiger partial charge in [-0.1, -0.05) is 20.3 Å². The molecule has 0 aliphatic heterocycles. The Hall–Kier alpha value is -0.0800. The van der Waals surface area contributed by atoms with Crippen molar-refractivity contribution in [3.05, 3.63) is 0 Å². The Bertz CT molecular complexity index is 182. The van der Waals surface area contributed by atoms with E-state index in [0.717, 1.165) is 11.8 Å². The standard InChI is InChI=1S/C14H30N2/c1-5-13-11-14(13)12-16(4)10-8-7-9-15(3)6-2/h13-14H,5-12H2,1-4H3. The van der Waals surface area contributed by atoms with Gasteiger partial charge in [0, 0.05) is 6.54 Å². The minimum absolute atomic E-state index is 1.02. The molecule has 0 aromatic heterocycles. The van der Waals surface area contributed by atoms with E-state index >= 15 is 0 Å². The Balaban J connectivity index is 1.92. The lowest BCUT2D eigenvalue weighted by atomic mass is 10.2. The molecule has 0 radical (unpaired) electrons. The highest BCUT2D eigenvalue weighted by atomic mass is 15.1. The summed E-state index contributed by atoms with van der Waals surface area (Å²) in [5, 5.41) is 0. The number of hydrogen-bond acceptors (Lipinski definition) is 2. The third-order valence-corrected chi connectivity index (χ3v) is 4.01. The molecule has 2 unspecified atom stereocenters. The molecule has 0 N–H and O–H groups in total. The zero-order valence-corrected chi connectivity index (χ0v) is 11.7. The average Bonchev–Trinajstić information content (AvgIpc) is 3.02. The molecule has 2 heteroatoms. The maximum absolute atomic E-state index is 2.53. The molecule has 0 spiro atoms. The molecule has 0 saturated heterocycles. The first-order valence-corrected chi connectivity index (χ1v) is 7.04. The molecule has 0 heterocycles. The van der Waals surface area contributed by atoms with E-state index in [-0.39, 0.29) is 0 Å². The minimum atomic E-state index is 1.02. The summed E-state index contributed by atoms with van der Waals surface area (Å²) < 4.78 is 0. The van der Waals surface area contributed by atoms with Crippen molar-refractivity contribution in [1.29, 1.82) is 0 Å². The van der Waals surface area contributed by atoms with Crippen molar-refractivity contribution in [2.24, 2.45) is 11.8 Å². The van der Waals surface area contributed by atoms with Crippen molar-refractivity contribution in [3.63, 3.8) is 0 Å². The smallest absolute Gasteiger partial charge is 0.000936 e. The molecule has 0 aromatic rings. The van der Waals surface area contributed by atoms with Crippen LogP contribution in [-0.2, 0) is 0 Å². The van der Waals surface area contributed by atoms with Crippen LogP contribution in [0.25, 0.3) is 0 Å². The minimum Gasteiger partial charge on any atom is -0.307 e. The van der Waals surface area contributed by atoms with Crippen LogP contribution in [0.2, 0.25) is 0 Å². The van der Waals surface area contributed by atoms with Crippen LogP contribution in [0.1, 0.15) is 39.5 Å². The van der Waals surface area contributed by atoms with Crippen LogP contribution in [0.5, 0.6) is 0 Å². The topological polar surface area (TPSA) is 6.48 Å². The summed E-state index contributed by atoms with van der Waals surface area (Å²) in [5.41, 5.74) is 0. The molecule has 96 valence electrons. The molecular weight excluding hydrogens is 196 g/mol. The van der Waals surface area contributed by atoms with Crippen LogP contribution in [0.15, 0.2) is 0 Å². The first-order valence-electron chi connectivity index (χ1n) is 7.04. The highest BCUT2D eigenvalue weighted by Gasteiger charge is 2.35. The molecule has 1 fully saturated rings. The summed E-state index contributed by atoms with van der Waals surface area (Å²) in [6.45, 7) is 9.60. The number of unbranched alkanes of at least 4 members (excludes halogenated alkanes) is 1. The van der Waals surface area contributed by atoms with Crippen molar-refractivity contribution in [1.82, 2.24) is 9.80 Å². The van der Waals surface area contributed by atoms with Gasteiger partial charge in [0.2, 0.25) is 0 Å². The molecule has 1 saturated carbocycles. The molecule has 0 amide bonds. The summed E-state index contributed by atoms with van der Waals surface area (Å²) in [5.74, 6) is 2.07. The van der Waals surface area contributed by atoms with Gasteiger partial charge in [-0.15, -0.1) is 0 Å². The fourth-order valence-corrected chi connectivity index (χ4v) is 2.45. The molecule has 1 aliphatic rings. The zero-order chi connectivity index (χ0) is 12.0. The van der Waals surface area contributed by atoms with Gasteiger partial charge in [0.1, 0.15) is 0 Å². The Morgan fingerprint density at radius 2 is 1.56 bits per heavy atom.